The van der Waals surface area contributed by atoms with Crippen molar-refractivity contribution in [1.82, 2.24) is 0 Å². The van der Waals surface area contributed by atoms with E-state index in [9.17, 15) is 14.4 Å². The van der Waals surface area contributed by atoms with Crippen LogP contribution < -0.4 is 0 Å². The van der Waals surface area contributed by atoms with Crippen LogP contribution in [0.3, 0.4) is 0 Å². The average molecular weight is 1140 g/mol. The molecule has 1 atom stereocenters. The third-order valence-electron chi connectivity index (χ3n) is 13.7. The van der Waals surface area contributed by atoms with Crippen molar-refractivity contribution in [3.63, 3.8) is 0 Å². The van der Waals surface area contributed by atoms with Gasteiger partial charge >= 0.3 is 17.9 Å². The van der Waals surface area contributed by atoms with Crippen LogP contribution in [0.1, 0.15) is 278 Å². The quantitative estimate of drug-likeness (QED) is 0.0261. The summed E-state index contributed by atoms with van der Waals surface area (Å²) < 4.78 is 16.9. The van der Waals surface area contributed by atoms with E-state index in [0.29, 0.717) is 19.3 Å². The maximum Gasteiger partial charge on any atom is 0.306 e. The summed E-state index contributed by atoms with van der Waals surface area (Å²) in [5.41, 5.74) is 0. The predicted molar refractivity (Wildman–Crippen MR) is 361 cm³/mol. The van der Waals surface area contributed by atoms with E-state index >= 15 is 0 Å². The zero-order chi connectivity index (χ0) is 59.9. The van der Waals surface area contributed by atoms with Crippen LogP contribution in [-0.4, -0.2) is 37.2 Å². The van der Waals surface area contributed by atoms with E-state index in [4.69, 9.17) is 14.2 Å². The summed E-state index contributed by atoms with van der Waals surface area (Å²) in [6.07, 6.45) is 102. The molecule has 0 fully saturated rings. The lowest BCUT2D eigenvalue weighted by atomic mass is 10.1. The summed E-state index contributed by atoms with van der Waals surface area (Å²) in [6.45, 7) is 6.34. The SMILES string of the molecule is CC/C=C\C/C=C\C/C=C\C/C=C\C/C=C\C/C=C\C/C=C\CCCCCCCCCC(=O)OCC(COC(=O)CCCCCCCCC/C=C\CCCCCCCC)OC(=O)CC/C=C\C/C=C\C/C=C\C/C=C\C/C=C\C/C=C\CC. The summed E-state index contributed by atoms with van der Waals surface area (Å²) >= 11 is 0. The molecule has 0 amide bonds. The van der Waals surface area contributed by atoms with Crippen molar-refractivity contribution in [3.8, 4) is 0 Å². The number of hydrogen-bond donors (Lipinski definition) is 0. The molecule has 0 spiro atoms. The van der Waals surface area contributed by atoms with E-state index in [0.717, 1.165) is 135 Å². The molecule has 83 heavy (non-hydrogen) atoms. The first-order valence-electron chi connectivity index (χ1n) is 33.6. The standard InChI is InChI=1S/C77H122O6/c1-4-7-10-13-16-19-22-25-28-31-33-34-35-36-37-38-39-40-41-42-44-46-49-52-55-58-61-64-67-70-76(79)82-73-74(72-81-75(78)69-66-63-60-57-54-51-48-45-30-27-24-21-18-15-12-9-6-3)83-77(80)71-68-65-62-59-56-53-50-47-43-32-29-26-23-20-17-14-11-8-5-2/h7-8,10-11,16-17,19-20,25-30,33-34,36-37,39-40,42-44,47,53,56,62,65,74H,4-6,9,12-15,18,21-24,31-32,35,38,41,45-46,48-52,54-55,57-61,63-64,66-73H2,1-3H3/b10-7-,11-8-,19-16-,20-17-,28-25-,29-26-,30-27-,34-33-,37-36-,40-39-,44-42-,47-43-,56-53-,65-62-. The molecule has 0 saturated heterocycles. The molecule has 0 saturated carbocycles. The fourth-order valence-electron chi connectivity index (χ4n) is 8.74. The highest BCUT2D eigenvalue weighted by Crippen LogP contribution is 2.14. The zero-order valence-electron chi connectivity index (χ0n) is 53.4. The van der Waals surface area contributed by atoms with Crippen molar-refractivity contribution in [1.29, 1.82) is 0 Å². The number of ether oxygens (including phenoxy) is 3. The Hall–Kier alpha value is -5.23. The molecule has 0 heterocycles. The van der Waals surface area contributed by atoms with Gasteiger partial charge in [0, 0.05) is 19.3 Å². The summed E-state index contributed by atoms with van der Waals surface area (Å²) in [7, 11) is 0. The molecule has 0 aliphatic carbocycles. The summed E-state index contributed by atoms with van der Waals surface area (Å²) in [4.78, 5) is 38.4. The molecule has 0 N–H and O–H groups in total. The van der Waals surface area contributed by atoms with Gasteiger partial charge in [0.25, 0.3) is 0 Å². The Kier molecular flexibility index (Phi) is 64.9. The van der Waals surface area contributed by atoms with Crippen LogP contribution in [0.2, 0.25) is 0 Å². The minimum Gasteiger partial charge on any atom is -0.462 e. The lowest BCUT2D eigenvalue weighted by molar-refractivity contribution is -0.166. The van der Waals surface area contributed by atoms with Gasteiger partial charge in [0.15, 0.2) is 6.10 Å². The maximum absolute atomic E-state index is 12.9. The molecular weight excluding hydrogens is 1020 g/mol. The predicted octanol–water partition coefficient (Wildman–Crippen LogP) is 23.4. The second kappa shape index (κ2) is 69.3. The third kappa shape index (κ3) is 67.4. The Bertz CT molecular complexity index is 1890. The Labute approximate surface area is 511 Å². The first kappa shape index (κ1) is 77.8. The minimum absolute atomic E-state index is 0.121. The highest BCUT2D eigenvalue weighted by molar-refractivity contribution is 5.71. The monoisotopic (exact) mass is 1140 g/mol. The smallest absolute Gasteiger partial charge is 0.306 e. The number of unbranched alkanes of at least 4 members (excludes halogenated alkanes) is 20. The molecule has 0 aliphatic heterocycles. The topological polar surface area (TPSA) is 78.9 Å². The third-order valence-corrected chi connectivity index (χ3v) is 13.7. The lowest BCUT2D eigenvalue weighted by Gasteiger charge is -2.18. The van der Waals surface area contributed by atoms with Gasteiger partial charge in [-0.15, -0.1) is 0 Å². The summed E-state index contributed by atoms with van der Waals surface area (Å²) in [6, 6.07) is 0. The van der Waals surface area contributed by atoms with Crippen LogP contribution in [0.5, 0.6) is 0 Å². The van der Waals surface area contributed by atoms with Crippen LogP contribution >= 0.6 is 0 Å². The molecule has 0 aromatic rings. The molecule has 1 unspecified atom stereocenters. The normalized spacial score (nSPS) is 13.2. The molecule has 0 aliphatic rings. The molecule has 0 aromatic heterocycles. The van der Waals surface area contributed by atoms with Crippen LogP contribution in [0.15, 0.2) is 170 Å². The summed E-state index contributed by atoms with van der Waals surface area (Å²) in [5.74, 6) is -1.02. The fraction of sp³-hybridized carbons (Fsp3) is 0.597. The minimum atomic E-state index is -0.836. The van der Waals surface area contributed by atoms with Crippen molar-refractivity contribution in [2.24, 2.45) is 0 Å². The number of allylic oxidation sites excluding steroid dienone is 28. The zero-order valence-corrected chi connectivity index (χ0v) is 53.4. The van der Waals surface area contributed by atoms with Crippen LogP contribution in [0, 0.1) is 0 Å². The number of hydrogen-bond acceptors (Lipinski definition) is 6. The van der Waals surface area contributed by atoms with Gasteiger partial charge in [-0.1, -0.05) is 287 Å². The van der Waals surface area contributed by atoms with E-state index in [-0.39, 0.29) is 31.6 Å². The van der Waals surface area contributed by atoms with Crippen molar-refractivity contribution < 1.29 is 28.6 Å². The van der Waals surface area contributed by atoms with Gasteiger partial charge in [0.05, 0.1) is 0 Å². The maximum atomic E-state index is 12.9. The Balaban J connectivity index is 4.49. The molecule has 0 aromatic carbocycles. The van der Waals surface area contributed by atoms with Gasteiger partial charge in [-0.25, -0.2) is 0 Å². The van der Waals surface area contributed by atoms with E-state index in [2.05, 4.69) is 185 Å². The molecule has 0 rings (SSSR count). The highest BCUT2D eigenvalue weighted by Gasteiger charge is 2.19. The lowest BCUT2D eigenvalue weighted by Crippen LogP contribution is -2.30. The second-order valence-corrected chi connectivity index (χ2v) is 21.6. The molecule has 466 valence electrons. The first-order valence-corrected chi connectivity index (χ1v) is 33.6. The second-order valence-electron chi connectivity index (χ2n) is 21.6. The van der Waals surface area contributed by atoms with Crippen molar-refractivity contribution >= 4 is 17.9 Å². The largest absolute Gasteiger partial charge is 0.462 e. The van der Waals surface area contributed by atoms with E-state index in [1.165, 1.54) is 96.3 Å². The Morgan fingerprint density at radius 2 is 0.494 bits per heavy atom. The Morgan fingerprint density at radius 1 is 0.253 bits per heavy atom. The first-order chi connectivity index (χ1) is 41.0. The fourth-order valence-corrected chi connectivity index (χ4v) is 8.74. The average Bonchev–Trinajstić information content (AvgIpc) is 3.49. The van der Waals surface area contributed by atoms with Crippen LogP contribution in [0.4, 0.5) is 0 Å². The van der Waals surface area contributed by atoms with Crippen LogP contribution in [-0.2, 0) is 28.6 Å². The summed E-state index contributed by atoms with van der Waals surface area (Å²) in [5, 5.41) is 0. The number of rotatable bonds is 59. The van der Waals surface area contributed by atoms with Gasteiger partial charge in [0.1, 0.15) is 13.2 Å². The Morgan fingerprint density at radius 3 is 0.795 bits per heavy atom. The highest BCUT2D eigenvalue weighted by atomic mass is 16.6. The van der Waals surface area contributed by atoms with Crippen LogP contribution in [0.25, 0.3) is 0 Å². The molecular formula is C77H122O6. The van der Waals surface area contributed by atoms with Gasteiger partial charge in [-0.05, 0) is 141 Å². The van der Waals surface area contributed by atoms with Gasteiger partial charge < -0.3 is 14.2 Å². The van der Waals surface area contributed by atoms with E-state index in [1.54, 1.807) is 0 Å². The number of carbonyl (C=O) groups excluding carboxylic acids is 3. The van der Waals surface area contributed by atoms with Gasteiger partial charge in [0.2, 0.25) is 0 Å². The molecule has 6 heteroatoms. The van der Waals surface area contributed by atoms with E-state index < -0.39 is 12.1 Å². The van der Waals surface area contributed by atoms with Crippen molar-refractivity contribution in [2.45, 2.75) is 284 Å². The molecule has 6 nitrogen and oxygen atoms in total. The number of carbonyl (C=O) groups is 3. The van der Waals surface area contributed by atoms with Crippen molar-refractivity contribution in [3.05, 3.63) is 170 Å². The van der Waals surface area contributed by atoms with E-state index in [1.807, 2.05) is 6.08 Å². The van der Waals surface area contributed by atoms with Gasteiger partial charge in [-0.2, -0.15) is 0 Å². The van der Waals surface area contributed by atoms with Crippen molar-refractivity contribution in [2.75, 3.05) is 13.2 Å². The van der Waals surface area contributed by atoms with Gasteiger partial charge in [-0.3, -0.25) is 14.4 Å². The number of esters is 3. The molecule has 0 bridgehead atoms. The molecule has 0 radical (unpaired) electrons.